The lowest BCUT2D eigenvalue weighted by molar-refractivity contribution is 0.0954. The summed E-state index contributed by atoms with van der Waals surface area (Å²) >= 11 is 0. The second kappa shape index (κ2) is 8.84. The molecule has 0 saturated carbocycles. The fourth-order valence-electron chi connectivity index (χ4n) is 3.36. The number of benzene rings is 2. The zero-order valence-corrected chi connectivity index (χ0v) is 18.7. The van der Waals surface area contributed by atoms with Crippen molar-refractivity contribution in [3.8, 4) is 0 Å². The van der Waals surface area contributed by atoms with Crippen LogP contribution in [0, 0.1) is 13.8 Å². The molecule has 32 heavy (non-hydrogen) atoms. The quantitative estimate of drug-likeness (QED) is 0.451. The first kappa shape index (κ1) is 21.6. The molecule has 0 unspecified atom stereocenters. The van der Waals surface area contributed by atoms with Crippen LogP contribution < -0.4 is 10.0 Å². The molecule has 164 valence electrons. The molecule has 2 N–H and O–H groups in total. The highest BCUT2D eigenvalue weighted by Gasteiger charge is 2.16. The van der Waals surface area contributed by atoms with Gasteiger partial charge in [0.15, 0.2) is 0 Å². The third-order valence-corrected chi connectivity index (χ3v) is 6.74. The summed E-state index contributed by atoms with van der Waals surface area (Å²) in [4.78, 5) is 17.0. The molecule has 2 aromatic carbocycles. The van der Waals surface area contributed by atoms with E-state index in [0.717, 1.165) is 22.5 Å². The number of hydrogen-bond donors (Lipinski definition) is 2. The molecule has 0 bridgehead atoms. The number of imidazole rings is 1. The van der Waals surface area contributed by atoms with Gasteiger partial charge in [0.05, 0.1) is 16.3 Å². The fourth-order valence-corrected chi connectivity index (χ4v) is 4.49. The van der Waals surface area contributed by atoms with E-state index in [9.17, 15) is 13.2 Å². The van der Waals surface area contributed by atoms with Crippen molar-refractivity contribution in [1.82, 2.24) is 14.7 Å². The number of amides is 1. The first-order chi connectivity index (χ1) is 15.3. The van der Waals surface area contributed by atoms with Crippen LogP contribution in [0.25, 0.3) is 5.65 Å². The van der Waals surface area contributed by atoms with Gasteiger partial charge >= 0.3 is 0 Å². The lowest BCUT2D eigenvalue weighted by Gasteiger charge is -2.12. The van der Waals surface area contributed by atoms with Gasteiger partial charge in [-0.15, -0.1) is 0 Å². The Hall–Kier alpha value is -3.65. The molecular weight excluding hydrogens is 424 g/mol. The number of nitrogens with zero attached hydrogens (tertiary/aromatic N) is 2. The lowest BCUT2D eigenvalue weighted by Crippen LogP contribution is -2.25. The third-order valence-electron chi connectivity index (χ3n) is 5.36. The first-order valence-corrected chi connectivity index (χ1v) is 11.7. The van der Waals surface area contributed by atoms with Crippen molar-refractivity contribution in [2.75, 3.05) is 11.3 Å². The van der Waals surface area contributed by atoms with Crippen LogP contribution in [0.4, 0.5) is 5.69 Å². The molecule has 7 nitrogen and oxygen atoms in total. The maximum Gasteiger partial charge on any atom is 0.261 e. The fraction of sp³-hybridized carbons (Fsp3) is 0.167. The predicted octanol–water partition coefficient (Wildman–Crippen LogP) is 3.72. The van der Waals surface area contributed by atoms with E-state index in [1.165, 1.54) is 24.3 Å². The zero-order valence-electron chi connectivity index (χ0n) is 17.9. The third kappa shape index (κ3) is 4.65. The minimum atomic E-state index is -3.75. The first-order valence-electron chi connectivity index (χ1n) is 10.2. The topological polar surface area (TPSA) is 92.6 Å². The van der Waals surface area contributed by atoms with E-state index in [0.29, 0.717) is 24.2 Å². The van der Waals surface area contributed by atoms with Crippen molar-refractivity contribution in [1.29, 1.82) is 0 Å². The van der Waals surface area contributed by atoms with Gasteiger partial charge in [0.1, 0.15) is 5.65 Å². The van der Waals surface area contributed by atoms with Crippen LogP contribution in [0.15, 0.2) is 78.0 Å². The molecule has 0 fully saturated rings. The van der Waals surface area contributed by atoms with E-state index in [2.05, 4.69) is 15.0 Å². The molecule has 0 aliphatic heterocycles. The highest BCUT2D eigenvalue weighted by molar-refractivity contribution is 7.92. The number of carbonyl (C=O) groups is 1. The summed E-state index contributed by atoms with van der Waals surface area (Å²) in [6, 6.07) is 17.1. The van der Waals surface area contributed by atoms with Gasteiger partial charge in [-0.2, -0.15) is 0 Å². The molecular formula is C24H24N4O3S. The minimum Gasteiger partial charge on any atom is -0.352 e. The standard InChI is InChI=1S/C24H24N4O3S/c1-17-6-5-7-22(18(17)2)27-32(30,31)21-11-9-19(10-12-21)24(29)25-14-13-20-16-28-15-4-3-8-23(28)26-20/h3-12,15-16,27H,13-14H2,1-2H3,(H,25,29). The normalized spacial score (nSPS) is 11.4. The molecule has 0 aliphatic carbocycles. The molecule has 1 amide bonds. The van der Waals surface area contributed by atoms with E-state index in [4.69, 9.17) is 0 Å². The largest absolute Gasteiger partial charge is 0.352 e. The van der Waals surface area contributed by atoms with E-state index in [1.54, 1.807) is 12.1 Å². The highest BCUT2D eigenvalue weighted by atomic mass is 32.2. The smallest absolute Gasteiger partial charge is 0.261 e. The van der Waals surface area contributed by atoms with Crippen molar-refractivity contribution >= 4 is 27.3 Å². The number of pyridine rings is 1. The Bertz CT molecular complexity index is 1340. The van der Waals surface area contributed by atoms with Crippen molar-refractivity contribution in [2.45, 2.75) is 25.2 Å². The van der Waals surface area contributed by atoms with Gasteiger partial charge in [-0.3, -0.25) is 9.52 Å². The average molecular weight is 449 g/mol. The number of rotatable bonds is 7. The maximum absolute atomic E-state index is 12.7. The summed E-state index contributed by atoms with van der Waals surface area (Å²) in [7, 11) is -3.75. The Balaban J connectivity index is 1.37. The SMILES string of the molecule is Cc1cccc(NS(=O)(=O)c2ccc(C(=O)NCCc3cn4ccccc4n3)cc2)c1C. The lowest BCUT2D eigenvalue weighted by atomic mass is 10.1. The number of aryl methyl sites for hydroxylation is 1. The van der Waals surface area contributed by atoms with Crippen LogP contribution in [0.5, 0.6) is 0 Å². The molecule has 0 aliphatic rings. The van der Waals surface area contributed by atoms with Gasteiger partial charge in [-0.05, 0) is 67.4 Å². The van der Waals surface area contributed by atoms with Gasteiger partial charge in [0, 0.05) is 30.9 Å². The number of carbonyl (C=O) groups excluding carboxylic acids is 1. The summed E-state index contributed by atoms with van der Waals surface area (Å²) in [5, 5.41) is 2.85. The van der Waals surface area contributed by atoms with Gasteiger partial charge in [0.2, 0.25) is 0 Å². The Morgan fingerprint density at radius 1 is 1.00 bits per heavy atom. The molecule has 4 aromatic rings. The number of sulfonamides is 1. The molecule has 0 radical (unpaired) electrons. The number of anilines is 1. The zero-order chi connectivity index (χ0) is 22.7. The maximum atomic E-state index is 12.7. The summed E-state index contributed by atoms with van der Waals surface area (Å²) < 4.78 is 30.0. The number of nitrogens with one attached hydrogen (secondary N) is 2. The van der Waals surface area contributed by atoms with Crippen molar-refractivity contribution in [2.24, 2.45) is 0 Å². The van der Waals surface area contributed by atoms with Gasteiger partial charge in [-0.25, -0.2) is 13.4 Å². The molecule has 4 rings (SSSR count). The van der Waals surface area contributed by atoms with Crippen LogP contribution in [-0.2, 0) is 16.4 Å². The predicted molar refractivity (Wildman–Crippen MR) is 124 cm³/mol. The molecule has 0 saturated heterocycles. The Morgan fingerprint density at radius 3 is 2.53 bits per heavy atom. The molecule has 8 heteroatoms. The van der Waals surface area contributed by atoms with E-state index in [-0.39, 0.29) is 10.8 Å². The second-order valence-corrected chi connectivity index (χ2v) is 9.26. The molecule has 0 spiro atoms. The molecule has 2 heterocycles. The summed E-state index contributed by atoms with van der Waals surface area (Å²) in [6.45, 7) is 4.22. The molecule has 2 aromatic heterocycles. The van der Waals surface area contributed by atoms with Crippen molar-refractivity contribution in [3.63, 3.8) is 0 Å². The van der Waals surface area contributed by atoms with Gasteiger partial charge < -0.3 is 9.72 Å². The van der Waals surface area contributed by atoms with Gasteiger partial charge in [-0.1, -0.05) is 18.2 Å². The Morgan fingerprint density at radius 2 is 1.78 bits per heavy atom. The molecule has 0 atom stereocenters. The van der Waals surface area contributed by atoms with E-state index < -0.39 is 10.0 Å². The Kier molecular flexibility index (Phi) is 5.96. The van der Waals surface area contributed by atoms with E-state index in [1.807, 2.05) is 54.9 Å². The summed E-state index contributed by atoms with van der Waals surface area (Å²) in [6.07, 6.45) is 4.46. The Labute approximate surface area is 187 Å². The van der Waals surface area contributed by atoms with Crippen LogP contribution in [-0.4, -0.2) is 30.3 Å². The average Bonchev–Trinajstić information content (AvgIpc) is 3.20. The van der Waals surface area contributed by atoms with E-state index >= 15 is 0 Å². The number of aromatic nitrogens is 2. The van der Waals surface area contributed by atoms with Crippen LogP contribution in [0.1, 0.15) is 27.2 Å². The minimum absolute atomic E-state index is 0.0969. The highest BCUT2D eigenvalue weighted by Crippen LogP contribution is 2.22. The van der Waals surface area contributed by atoms with Crippen molar-refractivity contribution in [3.05, 3.63) is 95.4 Å². The van der Waals surface area contributed by atoms with Crippen molar-refractivity contribution < 1.29 is 13.2 Å². The second-order valence-electron chi connectivity index (χ2n) is 7.58. The van der Waals surface area contributed by atoms with Crippen LogP contribution in [0.2, 0.25) is 0 Å². The number of hydrogen-bond acceptors (Lipinski definition) is 4. The summed E-state index contributed by atoms with van der Waals surface area (Å²) in [5.74, 6) is -0.264. The van der Waals surface area contributed by atoms with Crippen LogP contribution >= 0.6 is 0 Å². The monoisotopic (exact) mass is 448 g/mol. The van der Waals surface area contributed by atoms with Crippen LogP contribution in [0.3, 0.4) is 0 Å². The van der Waals surface area contributed by atoms with Gasteiger partial charge in [0.25, 0.3) is 15.9 Å². The number of fused-ring (bicyclic) bond motifs is 1. The summed E-state index contributed by atoms with van der Waals surface area (Å²) in [5.41, 5.74) is 4.55.